The fourth-order valence-electron chi connectivity index (χ4n) is 0.249. The van der Waals surface area contributed by atoms with Gasteiger partial charge in [-0.2, -0.15) is 0 Å². The van der Waals surface area contributed by atoms with Crippen molar-refractivity contribution in [1.82, 2.24) is 0 Å². The second-order valence-electron chi connectivity index (χ2n) is 2.93. The van der Waals surface area contributed by atoms with Gasteiger partial charge < -0.3 is 9.29 Å². The average Bonchev–Trinajstić information content (AvgIpc) is 1.57. The maximum atomic E-state index is 10.00. The zero-order chi connectivity index (χ0) is 8.41. The largest absolute Gasteiger partial charge is 0.746 e. The molecule has 0 amide bonds. The number of ether oxygens (including phenoxy) is 1. The molecule has 0 spiro atoms. The molecule has 5 heteroatoms. The minimum absolute atomic E-state index is 0. The Morgan fingerprint density at radius 2 is 1.73 bits per heavy atom. The van der Waals surface area contributed by atoms with Crippen molar-refractivity contribution in [2.24, 2.45) is 0 Å². The Hall–Kier alpha value is -0.130. The molecule has 4 nitrogen and oxygen atoms in total. The molecule has 70 valence electrons. The van der Waals surface area contributed by atoms with Crippen LogP contribution in [0.5, 0.6) is 0 Å². The van der Waals surface area contributed by atoms with E-state index >= 15 is 0 Å². The molecule has 0 bridgehead atoms. The molecule has 0 aromatic heterocycles. The maximum absolute atomic E-state index is 10.00. The number of rotatable bonds is 2. The van der Waals surface area contributed by atoms with E-state index in [0.29, 0.717) is 0 Å². The molecule has 0 unspecified atom stereocenters. The van der Waals surface area contributed by atoms with Gasteiger partial charge in [-0.15, -0.1) is 0 Å². The smallest absolute Gasteiger partial charge is 0.137 e. The number of hydrogen-bond acceptors (Lipinski definition) is 4. The van der Waals surface area contributed by atoms with Gasteiger partial charge in [-0.1, -0.05) is 7.43 Å². The van der Waals surface area contributed by atoms with Gasteiger partial charge in [0.05, 0.1) is 5.60 Å². The van der Waals surface area contributed by atoms with Crippen LogP contribution in [0, 0.1) is 0 Å². The molecule has 0 radical (unpaired) electrons. The topological polar surface area (TPSA) is 66.4 Å². The van der Waals surface area contributed by atoms with Gasteiger partial charge in [0.25, 0.3) is 0 Å². The monoisotopic (exact) mass is 183 g/mol. The van der Waals surface area contributed by atoms with E-state index in [2.05, 4.69) is 0 Å². The Morgan fingerprint density at radius 3 is 1.82 bits per heavy atom. The Kier molecular flexibility index (Phi) is 4.94. The van der Waals surface area contributed by atoms with Crippen LogP contribution in [0.3, 0.4) is 0 Å². The average molecular weight is 183 g/mol. The van der Waals surface area contributed by atoms with Gasteiger partial charge in [0.2, 0.25) is 0 Å². The van der Waals surface area contributed by atoms with Crippen LogP contribution in [0.1, 0.15) is 28.2 Å². The third kappa shape index (κ3) is 13.0. The van der Waals surface area contributed by atoms with Crippen LogP contribution in [0.4, 0.5) is 0 Å². The molecule has 0 rings (SSSR count). The first-order valence-electron chi connectivity index (χ1n) is 2.78. The van der Waals surface area contributed by atoms with Crippen LogP contribution in [0.2, 0.25) is 0 Å². The van der Waals surface area contributed by atoms with Crippen molar-refractivity contribution < 1.29 is 17.7 Å². The lowest BCUT2D eigenvalue weighted by Gasteiger charge is -2.20. The van der Waals surface area contributed by atoms with Crippen LogP contribution >= 0.6 is 0 Å². The maximum Gasteiger partial charge on any atom is 0.137 e. The van der Waals surface area contributed by atoms with Gasteiger partial charge in [-0.05, 0) is 20.8 Å². The Balaban J connectivity index is 0. The van der Waals surface area contributed by atoms with Gasteiger partial charge >= 0.3 is 0 Å². The predicted octanol–water partition coefficient (Wildman–Crippen LogP) is 0.940. The summed E-state index contributed by atoms with van der Waals surface area (Å²) in [5, 5.41) is 0. The van der Waals surface area contributed by atoms with E-state index in [-0.39, 0.29) is 7.43 Å². The molecule has 0 saturated carbocycles. The standard InChI is InChI=1S/C5H12O4S.CH4/c1-5(2,3)9-4-10(6,7)8;/h4H2,1-3H3,(H,6,7,8);1H4/p-1. The quantitative estimate of drug-likeness (QED) is 0.597. The van der Waals surface area contributed by atoms with Gasteiger partial charge in [0.15, 0.2) is 0 Å². The van der Waals surface area contributed by atoms with Crippen LogP contribution in [-0.4, -0.2) is 24.5 Å². The van der Waals surface area contributed by atoms with Crippen LogP contribution in [-0.2, 0) is 14.9 Å². The van der Waals surface area contributed by atoms with Crippen molar-refractivity contribution in [2.75, 3.05) is 5.94 Å². The summed E-state index contributed by atoms with van der Waals surface area (Å²) in [5.41, 5.74) is -0.572. The zero-order valence-corrected chi connectivity index (χ0v) is 7.06. The summed E-state index contributed by atoms with van der Waals surface area (Å²) in [7, 11) is -4.23. The van der Waals surface area contributed by atoms with Crippen molar-refractivity contribution in [3.05, 3.63) is 0 Å². The first-order valence-corrected chi connectivity index (χ1v) is 4.36. The van der Waals surface area contributed by atoms with Crippen molar-refractivity contribution in [3.63, 3.8) is 0 Å². The van der Waals surface area contributed by atoms with Crippen molar-refractivity contribution in [3.8, 4) is 0 Å². The SMILES string of the molecule is C.CC(C)(C)OCS(=O)(=O)[O-]. The third-order valence-electron chi connectivity index (χ3n) is 0.636. The predicted molar refractivity (Wildman–Crippen MR) is 42.1 cm³/mol. The molecule has 0 heterocycles. The molecule has 0 fully saturated rings. The Morgan fingerprint density at radius 1 is 1.36 bits per heavy atom. The summed E-state index contributed by atoms with van der Waals surface area (Å²) < 4.78 is 34.7. The lowest BCUT2D eigenvalue weighted by molar-refractivity contribution is 0.0225. The molecule has 11 heavy (non-hydrogen) atoms. The van der Waals surface area contributed by atoms with E-state index < -0.39 is 21.7 Å². The Labute approximate surface area is 68.3 Å². The van der Waals surface area contributed by atoms with Crippen LogP contribution in [0.25, 0.3) is 0 Å². The lowest BCUT2D eigenvalue weighted by atomic mass is 10.2. The first-order chi connectivity index (χ1) is 4.21. The highest BCUT2D eigenvalue weighted by Gasteiger charge is 2.10. The minimum atomic E-state index is -4.23. The summed E-state index contributed by atoms with van der Waals surface area (Å²) in [4.78, 5) is 0. The molecule has 0 aromatic carbocycles. The second-order valence-corrected chi connectivity index (χ2v) is 4.28. The van der Waals surface area contributed by atoms with E-state index in [1.807, 2.05) is 0 Å². The summed E-state index contributed by atoms with van der Waals surface area (Å²) in [6.45, 7) is 5.04. The first kappa shape index (κ1) is 13.5. The molecule has 0 aliphatic heterocycles. The molecule has 0 atom stereocenters. The normalized spacial score (nSPS) is 12.4. The molecular weight excluding hydrogens is 168 g/mol. The Bertz CT molecular complexity index is 187. The molecule has 0 aliphatic carbocycles. The highest BCUT2D eigenvalue weighted by Crippen LogP contribution is 2.06. The molecule has 0 aromatic rings. The van der Waals surface area contributed by atoms with Crippen LogP contribution < -0.4 is 0 Å². The van der Waals surface area contributed by atoms with E-state index in [1.165, 1.54) is 0 Å². The summed E-state index contributed by atoms with van der Waals surface area (Å²) in [6.07, 6.45) is 0. The van der Waals surface area contributed by atoms with E-state index in [1.54, 1.807) is 20.8 Å². The molecule has 0 N–H and O–H groups in total. The second kappa shape index (κ2) is 4.04. The van der Waals surface area contributed by atoms with E-state index in [9.17, 15) is 13.0 Å². The van der Waals surface area contributed by atoms with Crippen molar-refractivity contribution >= 4 is 10.1 Å². The molecule has 0 aliphatic rings. The fourth-order valence-corrected chi connectivity index (χ4v) is 0.747. The van der Waals surface area contributed by atoms with E-state index in [4.69, 9.17) is 4.74 Å². The lowest BCUT2D eigenvalue weighted by Crippen LogP contribution is -2.23. The third-order valence-corrected chi connectivity index (χ3v) is 1.04. The van der Waals surface area contributed by atoms with Gasteiger partial charge in [0.1, 0.15) is 16.1 Å². The van der Waals surface area contributed by atoms with Crippen molar-refractivity contribution in [1.29, 1.82) is 0 Å². The highest BCUT2D eigenvalue weighted by molar-refractivity contribution is 7.85. The fraction of sp³-hybridized carbons (Fsp3) is 1.00. The van der Waals surface area contributed by atoms with Gasteiger partial charge in [-0.25, -0.2) is 8.42 Å². The summed E-state index contributed by atoms with van der Waals surface area (Å²) >= 11 is 0. The zero-order valence-electron chi connectivity index (χ0n) is 6.25. The van der Waals surface area contributed by atoms with E-state index in [0.717, 1.165) is 0 Å². The van der Waals surface area contributed by atoms with Crippen molar-refractivity contribution in [2.45, 2.75) is 33.8 Å². The van der Waals surface area contributed by atoms with Gasteiger partial charge in [0, 0.05) is 0 Å². The molecule has 0 saturated heterocycles. The highest BCUT2D eigenvalue weighted by atomic mass is 32.2. The minimum Gasteiger partial charge on any atom is -0.746 e. The number of hydrogen-bond donors (Lipinski definition) is 0. The van der Waals surface area contributed by atoms with Crippen LogP contribution in [0.15, 0.2) is 0 Å². The molecular formula is C6H15O4S-. The summed E-state index contributed by atoms with van der Waals surface area (Å²) in [5.74, 6) is -0.753. The summed E-state index contributed by atoms with van der Waals surface area (Å²) in [6, 6.07) is 0. The van der Waals surface area contributed by atoms with Gasteiger partial charge in [-0.3, -0.25) is 0 Å².